The van der Waals surface area contributed by atoms with E-state index in [-0.39, 0.29) is 12.4 Å². The van der Waals surface area contributed by atoms with Gasteiger partial charge >= 0.3 is 5.97 Å². The van der Waals surface area contributed by atoms with Gasteiger partial charge in [-0.25, -0.2) is 9.78 Å². The molecule has 0 aliphatic carbocycles. The van der Waals surface area contributed by atoms with Gasteiger partial charge in [0.15, 0.2) is 5.78 Å². The van der Waals surface area contributed by atoms with Crippen LogP contribution in [-0.4, -0.2) is 28.8 Å². The third-order valence-electron chi connectivity index (χ3n) is 4.21. The first-order valence-electron chi connectivity index (χ1n) is 8.36. The first-order chi connectivity index (χ1) is 12.9. The van der Waals surface area contributed by atoms with Crippen molar-refractivity contribution in [3.8, 4) is 16.3 Å². The van der Waals surface area contributed by atoms with Crippen LogP contribution >= 0.6 is 11.3 Å². The van der Waals surface area contributed by atoms with Gasteiger partial charge in [0.1, 0.15) is 23.1 Å². The Morgan fingerprint density at radius 1 is 1.26 bits per heavy atom. The second-order valence-electron chi connectivity index (χ2n) is 6.13. The number of aromatic nitrogens is 2. The lowest BCUT2D eigenvalue weighted by Crippen LogP contribution is -2.08. The number of carbonyl (C=O) groups excluding carboxylic acids is 2. The van der Waals surface area contributed by atoms with E-state index in [1.54, 1.807) is 21.0 Å². The Morgan fingerprint density at radius 2 is 2.04 bits per heavy atom. The molecule has 27 heavy (non-hydrogen) atoms. The van der Waals surface area contributed by atoms with Crippen LogP contribution in [0.1, 0.15) is 44.7 Å². The molecule has 0 bridgehead atoms. The molecule has 2 heterocycles. The molecule has 0 saturated heterocycles. The highest BCUT2D eigenvalue weighted by molar-refractivity contribution is 7.13. The number of carbonyl (C=O) groups is 2. The smallest absolute Gasteiger partial charge is 0.355 e. The van der Waals surface area contributed by atoms with Gasteiger partial charge in [0, 0.05) is 22.2 Å². The number of rotatable bonds is 6. The molecule has 140 valence electrons. The molecule has 7 heteroatoms. The van der Waals surface area contributed by atoms with Gasteiger partial charge in [-0.2, -0.15) is 0 Å². The molecule has 0 fully saturated rings. The fraction of sp³-hybridized carbons (Fsp3) is 0.250. The number of aryl methyl sites for hydroxylation is 1. The fourth-order valence-corrected chi connectivity index (χ4v) is 3.76. The van der Waals surface area contributed by atoms with E-state index in [4.69, 9.17) is 9.47 Å². The highest BCUT2D eigenvalue weighted by atomic mass is 32.1. The average Bonchev–Trinajstić information content (AvgIpc) is 3.24. The van der Waals surface area contributed by atoms with E-state index >= 15 is 0 Å². The second-order valence-corrected chi connectivity index (χ2v) is 6.99. The summed E-state index contributed by atoms with van der Waals surface area (Å²) < 4.78 is 10.6. The van der Waals surface area contributed by atoms with Crippen molar-refractivity contribution in [2.24, 2.45) is 0 Å². The van der Waals surface area contributed by atoms with Crippen molar-refractivity contribution >= 4 is 23.1 Å². The number of H-pyrrole nitrogens is 1. The first kappa shape index (κ1) is 18.8. The summed E-state index contributed by atoms with van der Waals surface area (Å²) in [6.07, 6.45) is 0. The number of esters is 1. The lowest BCUT2D eigenvalue weighted by Gasteiger charge is -2.03. The predicted molar refractivity (Wildman–Crippen MR) is 103 cm³/mol. The standard InChI is InChI=1S/C20H20N2O4S/c1-11-17(13(3)23)12(2)21-18(11)20(24)26-9-15-10-27-19(22-15)14-6-5-7-16(8-14)25-4/h5-8,10,21H,9H2,1-4H3. The van der Waals surface area contributed by atoms with Crippen LogP contribution in [0.15, 0.2) is 29.6 Å². The molecule has 3 aromatic rings. The van der Waals surface area contributed by atoms with Crippen molar-refractivity contribution in [1.29, 1.82) is 0 Å². The maximum Gasteiger partial charge on any atom is 0.355 e. The Hall–Kier alpha value is -2.93. The highest BCUT2D eigenvalue weighted by Crippen LogP contribution is 2.27. The van der Waals surface area contributed by atoms with Gasteiger partial charge < -0.3 is 14.5 Å². The van der Waals surface area contributed by atoms with Crippen molar-refractivity contribution in [2.45, 2.75) is 27.4 Å². The van der Waals surface area contributed by atoms with Gasteiger partial charge in [0.05, 0.1) is 12.8 Å². The number of benzene rings is 1. The van der Waals surface area contributed by atoms with E-state index in [9.17, 15) is 9.59 Å². The molecular formula is C20H20N2O4S. The molecule has 1 aromatic carbocycles. The Bertz CT molecular complexity index is 1000. The van der Waals surface area contributed by atoms with Crippen LogP contribution < -0.4 is 4.74 Å². The van der Waals surface area contributed by atoms with Crippen LogP contribution in [0.5, 0.6) is 5.75 Å². The zero-order chi connectivity index (χ0) is 19.6. The molecule has 0 unspecified atom stereocenters. The van der Waals surface area contributed by atoms with E-state index < -0.39 is 5.97 Å². The Labute approximate surface area is 161 Å². The predicted octanol–water partition coefficient (Wildman–Crippen LogP) is 4.32. The number of aromatic amines is 1. The number of thiazole rings is 1. The van der Waals surface area contributed by atoms with Gasteiger partial charge in [0.25, 0.3) is 0 Å². The molecule has 3 rings (SSSR count). The van der Waals surface area contributed by atoms with Gasteiger partial charge in [-0.3, -0.25) is 4.79 Å². The van der Waals surface area contributed by atoms with Crippen LogP contribution in [-0.2, 0) is 11.3 Å². The Morgan fingerprint density at radius 3 is 2.70 bits per heavy atom. The summed E-state index contributed by atoms with van der Waals surface area (Å²) in [5.41, 5.74) is 3.73. The highest BCUT2D eigenvalue weighted by Gasteiger charge is 2.21. The van der Waals surface area contributed by atoms with E-state index in [1.807, 2.05) is 29.6 Å². The summed E-state index contributed by atoms with van der Waals surface area (Å²) in [6, 6.07) is 7.63. The number of methoxy groups -OCH3 is 1. The van der Waals surface area contributed by atoms with E-state index in [1.165, 1.54) is 18.3 Å². The minimum absolute atomic E-state index is 0.0617. The van der Waals surface area contributed by atoms with Crippen molar-refractivity contribution in [3.05, 3.63) is 57.9 Å². The van der Waals surface area contributed by atoms with E-state index in [0.29, 0.717) is 28.2 Å². The van der Waals surface area contributed by atoms with Crippen molar-refractivity contribution in [2.75, 3.05) is 7.11 Å². The van der Waals surface area contributed by atoms with Crippen LogP contribution in [0.3, 0.4) is 0 Å². The summed E-state index contributed by atoms with van der Waals surface area (Å²) in [5, 5.41) is 2.68. The lowest BCUT2D eigenvalue weighted by molar-refractivity contribution is 0.0461. The summed E-state index contributed by atoms with van der Waals surface area (Å²) in [5.74, 6) is 0.177. The number of nitrogens with zero attached hydrogens (tertiary/aromatic N) is 1. The minimum Gasteiger partial charge on any atom is -0.497 e. The minimum atomic E-state index is -0.501. The molecule has 0 spiro atoms. The fourth-order valence-electron chi connectivity index (χ4n) is 2.96. The van der Waals surface area contributed by atoms with E-state index in [0.717, 1.165) is 16.3 Å². The largest absolute Gasteiger partial charge is 0.497 e. The summed E-state index contributed by atoms with van der Waals surface area (Å²) in [4.78, 5) is 31.5. The molecule has 0 radical (unpaired) electrons. The van der Waals surface area contributed by atoms with Crippen LogP contribution in [0.25, 0.3) is 10.6 Å². The summed E-state index contributed by atoms with van der Waals surface area (Å²) >= 11 is 1.47. The first-order valence-corrected chi connectivity index (χ1v) is 9.24. The second kappa shape index (κ2) is 7.75. The molecule has 0 aliphatic heterocycles. The van der Waals surface area contributed by atoms with Crippen molar-refractivity contribution in [1.82, 2.24) is 9.97 Å². The summed E-state index contributed by atoms with van der Waals surface area (Å²) in [6.45, 7) is 5.04. The monoisotopic (exact) mass is 384 g/mol. The zero-order valence-corrected chi connectivity index (χ0v) is 16.4. The van der Waals surface area contributed by atoms with E-state index in [2.05, 4.69) is 9.97 Å². The average molecular weight is 384 g/mol. The number of Topliss-reactive ketones (excluding diaryl/α,β-unsaturated/α-hetero) is 1. The van der Waals surface area contributed by atoms with Gasteiger partial charge in [0.2, 0.25) is 0 Å². The molecule has 2 aromatic heterocycles. The zero-order valence-electron chi connectivity index (χ0n) is 15.6. The number of ketones is 1. The topological polar surface area (TPSA) is 81.3 Å². The quantitative estimate of drug-likeness (QED) is 0.505. The van der Waals surface area contributed by atoms with Crippen LogP contribution in [0.4, 0.5) is 0 Å². The normalized spacial score (nSPS) is 10.7. The van der Waals surface area contributed by atoms with Gasteiger partial charge in [-0.15, -0.1) is 11.3 Å². The SMILES string of the molecule is COc1cccc(-c2nc(COC(=O)c3[nH]c(C)c(C(C)=O)c3C)cs2)c1. The number of hydrogen-bond donors (Lipinski definition) is 1. The number of nitrogens with one attached hydrogen (secondary N) is 1. The molecule has 1 N–H and O–H groups in total. The lowest BCUT2D eigenvalue weighted by atomic mass is 10.1. The number of hydrogen-bond acceptors (Lipinski definition) is 6. The summed E-state index contributed by atoms with van der Waals surface area (Å²) in [7, 11) is 1.62. The van der Waals surface area contributed by atoms with Crippen LogP contribution in [0.2, 0.25) is 0 Å². The maximum absolute atomic E-state index is 12.4. The molecule has 0 saturated carbocycles. The molecular weight excluding hydrogens is 364 g/mol. The Balaban J connectivity index is 1.71. The molecule has 0 amide bonds. The maximum atomic E-state index is 12.4. The molecule has 6 nitrogen and oxygen atoms in total. The van der Waals surface area contributed by atoms with Crippen LogP contribution in [0, 0.1) is 13.8 Å². The van der Waals surface area contributed by atoms with Crippen molar-refractivity contribution < 1.29 is 19.1 Å². The van der Waals surface area contributed by atoms with Crippen molar-refractivity contribution in [3.63, 3.8) is 0 Å². The third-order valence-corrected chi connectivity index (χ3v) is 5.15. The molecule has 0 aliphatic rings. The van der Waals surface area contributed by atoms with Gasteiger partial charge in [-0.05, 0) is 38.5 Å². The number of ether oxygens (including phenoxy) is 2. The third kappa shape index (κ3) is 3.93. The van der Waals surface area contributed by atoms with Gasteiger partial charge in [-0.1, -0.05) is 12.1 Å². The Kier molecular flexibility index (Phi) is 5.41. The molecule has 0 atom stereocenters.